The van der Waals surface area contributed by atoms with E-state index in [4.69, 9.17) is 9.47 Å². The van der Waals surface area contributed by atoms with Crippen LogP contribution in [0.1, 0.15) is 6.42 Å². The third-order valence-electron chi connectivity index (χ3n) is 6.63. The molecule has 5 rings (SSSR count). The highest BCUT2D eigenvalue weighted by atomic mass is 16.5. The monoisotopic (exact) mass is 453 g/mol. The van der Waals surface area contributed by atoms with Gasteiger partial charge in [0.05, 0.1) is 48.2 Å². The van der Waals surface area contributed by atoms with Gasteiger partial charge in [-0.3, -0.25) is 19.4 Å². The molecule has 0 aliphatic carbocycles. The van der Waals surface area contributed by atoms with Crippen LogP contribution in [-0.2, 0) is 22.6 Å². The molecule has 0 aromatic carbocycles. The van der Waals surface area contributed by atoms with Gasteiger partial charge in [-0.25, -0.2) is 4.98 Å². The van der Waals surface area contributed by atoms with Crippen LogP contribution in [0.3, 0.4) is 0 Å². The van der Waals surface area contributed by atoms with Crippen molar-refractivity contribution in [3.63, 3.8) is 0 Å². The van der Waals surface area contributed by atoms with Crippen LogP contribution in [0.5, 0.6) is 0 Å². The van der Waals surface area contributed by atoms with Gasteiger partial charge in [0.25, 0.3) is 11.1 Å². The minimum atomic E-state index is -0.0997. The maximum atomic E-state index is 13.1. The van der Waals surface area contributed by atoms with Crippen molar-refractivity contribution < 1.29 is 9.47 Å². The number of nitrogens with zero attached hydrogens (tertiary/aromatic N) is 5. The Morgan fingerprint density at radius 2 is 1.21 bits per heavy atom. The normalized spacial score (nSPS) is 18.3. The fraction of sp³-hybridized carbons (Fsp3) is 0.542. The maximum Gasteiger partial charge on any atom is 0.260 e. The lowest BCUT2D eigenvalue weighted by molar-refractivity contribution is 0.0363. The average Bonchev–Trinajstić information content (AvgIpc) is 2.86. The molecule has 9 heteroatoms. The molecule has 0 unspecified atom stereocenters. The molecule has 3 aromatic rings. The first-order valence-electron chi connectivity index (χ1n) is 11.8. The van der Waals surface area contributed by atoms with Crippen molar-refractivity contribution in [2.24, 2.45) is 0 Å². The van der Waals surface area contributed by atoms with Gasteiger partial charge in [0, 0.05) is 64.8 Å². The van der Waals surface area contributed by atoms with Crippen molar-refractivity contribution in [2.75, 3.05) is 65.7 Å². The summed E-state index contributed by atoms with van der Waals surface area (Å²) in [6, 6.07) is 5.46. The number of rotatable bonds is 7. The van der Waals surface area contributed by atoms with E-state index in [1.807, 2.05) is 18.3 Å². The van der Waals surface area contributed by atoms with E-state index in [9.17, 15) is 9.59 Å². The molecule has 0 bridgehead atoms. The molecule has 0 spiro atoms. The Kier molecular flexibility index (Phi) is 6.82. The summed E-state index contributed by atoms with van der Waals surface area (Å²) in [6.07, 6.45) is 4.50. The molecule has 2 saturated heterocycles. The summed E-state index contributed by atoms with van der Waals surface area (Å²) >= 11 is 0. The number of morpholine rings is 2. The topological polar surface area (TPSA) is 81.8 Å². The largest absolute Gasteiger partial charge is 0.379 e. The first-order valence-corrected chi connectivity index (χ1v) is 11.8. The predicted molar refractivity (Wildman–Crippen MR) is 127 cm³/mol. The van der Waals surface area contributed by atoms with Gasteiger partial charge in [-0.05, 0) is 24.6 Å². The number of aryl methyl sites for hydroxylation is 1. The first kappa shape index (κ1) is 22.2. The molecule has 0 amide bonds. The number of aromatic nitrogens is 3. The van der Waals surface area contributed by atoms with E-state index >= 15 is 0 Å². The van der Waals surface area contributed by atoms with E-state index in [1.165, 1.54) is 0 Å². The highest BCUT2D eigenvalue weighted by molar-refractivity contribution is 5.91. The lowest BCUT2D eigenvalue weighted by atomic mass is 10.2. The summed E-state index contributed by atoms with van der Waals surface area (Å²) in [4.78, 5) is 35.6. The van der Waals surface area contributed by atoms with Crippen LogP contribution >= 0.6 is 0 Å². The Morgan fingerprint density at radius 3 is 1.79 bits per heavy atom. The molecule has 0 radical (unpaired) electrons. The SMILES string of the molecule is O=c1c2cc3c(=O)n(CCN4CCOCC4)ccc3nc2ccn1CCCN1CCOCC1. The van der Waals surface area contributed by atoms with Crippen molar-refractivity contribution in [1.82, 2.24) is 23.9 Å². The van der Waals surface area contributed by atoms with Crippen LogP contribution in [0.2, 0.25) is 0 Å². The summed E-state index contributed by atoms with van der Waals surface area (Å²) in [5.41, 5.74) is 1.06. The van der Waals surface area contributed by atoms with Crippen LogP contribution in [-0.4, -0.2) is 89.6 Å². The van der Waals surface area contributed by atoms with Crippen LogP contribution in [0.25, 0.3) is 21.8 Å². The lowest BCUT2D eigenvalue weighted by Crippen LogP contribution is -2.39. The fourth-order valence-corrected chi connectivity index (χ4v) is 4.62. The minimum Gasteiger partial charge on any atom is -0.379 e. The van der Waals surface area contributed by atoms with Crippen LogP contribution in [0, 0.1) is 0 Å². The van der Waals surface area contributed by atoms with Crippen LogP contribution < -0.4 is 11.1 Å². The Morgan fingerprint density at radius 1 is 0.697 bits per heavy atom. The molecular formula is C24H31N5O4. The average molecular weight is 454 g/mol. The smallest absolute Gasteiger partial charge is 0.260 e. The summed E-state index contributed by atoms with van der Waals surface area (Å²) in [7, 11) is 0. The van der Waals surface area contributed by atoms with Crippen molar-refractivity contribution >= 4 is 21.8 Å². The van der Waals surface area contributed by atoms with Gasteiger partial charge < -0.3 is 18.6 Å². The van der Waals surface area contributed by atoms with Crippen molar-refractivity contribution in [3.05, 3.63) is 51.3 Å². The van der Waals surface area contributed by atoms with Crippen molar-refractivity contribution in [2.45, 2.75) is 19.5 Å². The van der Waals surface area contributed by atoms with Gasteiger partial charge in [0.2, 0.25) is 0 Å². The van der Waals surface area contributed by atoms with Crippen LogP contribution in [0.4, 0.5) is 0 Å². The second kappa shape index (κ2) is 10.1. The number of hydrogen-bond donors (Lipinski definition) is 0. The Bertz CT molecular complexity index is 1230. The van der Waals surface area contributed by atoms with Gasteiger partial charge in [-0.2, -0.15) is 0 Å². The zero-order chi connectivity index (χ0) is 22.6. The molecule has 2 aliphatic rings. The highest BCUT2D eigenvalue weighted by Gasteiger charge is 2.14. The maximum absolute atomic E-state index is 13.1. The Hall–Kier alpha value is -2.59. The number of fused-ring (bicyclic) bond motifs is 2. The van der Waals surface area contributed by atoms with E-state index in [1.54, 1.807) is 21.4 Å². The van der Waals surface area contributed by atoms with Crippen molar-refractivity contribution in [3.8, 4) is 0 Å². The molecule has 3 aromatic heterocycles. The van der Waals surface area contributed by atoms with Gasteiger partial charge in [0.1, 0.15) is 0 Å². The van der Waals surface area contributed by atoms with E-state index in [2.05, 4.69) is 14.8 Å². The minimum absolute atomic E-state index is 0.0907. The molecule has 2 fully saturated rings. The standard InChI is InChI=1S/C24H31N5O4/c30-23-19-18-20-22(3-7-29(24(20)31)9-8-27-12-16-33-17-13-27)25-21(19)2-6-28(23)5-1-4-26-10-14-32-15-11-26/h2-3,6-7,18H,1,4-5,8-17H2. The number of pyridine rings is 3. The zero-order valence-electron chi connectivity index (χ0n) is 18.9. The van der Waals surface area contributed by atoms with Crippen LogP contribution in [0.15, 0.2) is 40.2 Å². The molecule has 0 atom stereocenters. The Labute approximate surface area is 192 Å². The third kappa shape index (κ3) is 5.01. The predicted octanol–water partition coefficient (Wildman–Crippen LogP) is 0.766. The molecule has 5 heterocycles. The molecule has 33 heavy (non-hydrogen) atoms. The molecule has 0 N–H and O–H groups in total. The highest BCUT2D eigenvalue weighted by Crippen LogP contribution is 2.14. The lowest BCUT2D eigenvalue weighted by Gasteiger charge is -2.26. The fourth-order valence-electron chi connectivity index (χ4n) is 4.62. The molecule has 9 nitrogen and oxygen atoms in total. The van der Waals surface area contributed by atoms with E-state index in [0.717, 1.165) is 72.1 Å². The van der Waals surface area contributed by atoms with Gasteiger partial charge in [-0.15, -0.1) is 0 Å². The Balaban J connectivity index is 1.36. The summed E-state index contributed by atoms with van der Waals surface area (Å²) in [6.45, 7) is 9.68. The summed E-state index contributed by atoms with van der Waals surface area (Å²) in [5.74, 6) is 0. The molecule has 2 aliphatic heterocycles. The van der Waals surface area contributed by atoms with E-state index in [0.29, 0.717) is 34.9 Å². The quantitative estimate of drug-likeness (QED) is 0.489. The molecule has 176 valence electrons. The van der Waals surface area contributed by atoms with E-state index < -0.39 is 0 Å². The second-order valence-corrected chi connectivity index (χ2v) is 8.74. The van der Waals surface area contributed by atoms with Crippen molar-refractivity contribution in [1.29, 1.82) is 0 Å². The van der Waals surface area contributed by atoms with Gasteiger partial charge >= 0.3 is 0 Å². The second-order valence-electron chi connectivity index (χ2n) is 8.74. The van der Waals surface area contributed by atoms with Gasteiger partial charge in [-0.1, -0.05) is 0 Å². The van der Waals surface area contributed by atoms with E-state index in [-0.39, 0.29) is 11.1 Å². The zero-order valence-corrected chi connectivity index (χ0v) is 18.9. The summed E-state index contributed by atoms with van der Waals surface area (Å²) < 4.78 is 14.2. The number of hydrogen-bond acceptors (Lipinski definition) is 7. The van der Waals surface area contributed by atoms with Gasteiger partial charge in [0.15, 0.2) is 0 Å². The first-order chi connectivity index (χ1) is 16.2. The number of ether oxygens (including phenoxy) is 2. The molecule has 0 saturated carbocycles. The summed E-state index contributed by atoms with van der Waals surface area (Å²) in [5, 5.41) is 0.995. The third-order valence-corrected chi connectivity index (χ3v) is 6.63. The molecular weight excluding hydrogens is 422 g/mol.